The van der Waals surface area contributed by atoms with Crippen molar-refractivity contribution >= 4 is 49.1 Å². The number of aryl methyl sites for hydroxylation is 1. The van der Waals surface area contributed by atoms with Crippen LogP contribution >= 0.6 is 43.2 Å². The summed E-state index contributed by atoms with van der Waals surface area (Å²) in [7, 11) is 0. The van der Waals surface area contributed by atoms with Crippen LogP contribution in [0.5, 0.6) is 0 Å². The van der Waals surface area contributed by atoms with E-state index in [-0.39, 0.29) is 5.91 Å². The maximum Gasteiger partial charge on any atom is 0.264 e. The molecule has 0 N–H and O–H groups in total. The molecule has 0 aromatic carbocycles. The Kier molecular flexibility index (Phi) is 4.06. The Hall–Kier alpha value is -0.590. The van der Waals surface area contributed by atoms with Crippen LogP contribution in [0.1, 0.15) is 34.0 Å². The first-order chi connectivity index (χ1) is 9.54. The molecule has 1 fully saturated rings. The van der Waals surface area contributed by atoms with Crippen LogP contribution in [0.15, 0.2) is 30.9 Å². The molecule has 0 radical (unpaired) electrons. The quantitative estimate of drug-likeness (QED) is 0.701. The van der Waals surface area contributed by atoms with Gasteiger partial charge in [0.05, 0.1) is 15.2 Å². The maximum atomic E-state index is 12.7. The highest BCUT2D eigenvalue weighted by molar-refractivity contribution is 9.13. The fraction of sp³-hybridized carbons (Fsp3) is 0.357. The molecule has 0 atom stereocenters. The molecule has 0 bridgehead atoms. The number of furan rings is 1. The first-order valence-electron chi connectivity index (χ1n) is 6.35. The smallest absolute Gasteiger partial charge is 0.264 e. The summed E-state index contributed by atoms with van der Waals surface area (Å²) in [6.45, 7) is 2.46. The second-order valence-corrected chi connectivity index (χ2v) is 8.13. The van der Waals surface area contributed by atoms with Gasteiger partial charge in [-0.2, -0.15) is 0 Å². The summed E-state index contributed by atoms with van der Waals surface area (Å²) in [5.41, 5.74) is 0. The van der Waals surface area contributed by atoms with E-state index in [1.54, 1.807) is 0 Å². The van der Waals surface area contributed by atoms with Crippen LogP contribution < -0.4 is 0 Å². The standard InChI is InChI=1S/C14H13Br2NO2S/c1-8-2-5-10(19-8)7-17(9-3-4-9)14(18)12-6-11(15)13(16)20-12/h2,5-6,9H,3-4,7H2,1H3. The molecular formula is C14H13Br2NO2S. The van der Waals surface area contributed by atoms with Gasteiger partial charge in [-0.3, -0.25) is 4.79 Å². The van der Waals surface area contributed by atoms with Gasteiger partial charge >= 0.3 is 0 Å². The van der Waals surface area contributed by atoms with E-state index in [4.69, 9.17) is 4.42 Å². The van der Waals surface area contributed by atoms with Crippen molar-refractivity contribution in [3.8, 4) is 0 Å². The molecular weight excluding hydrogens is 406 g/mol. The van der Waals surface area contributed by atoms with Crippen LogP contribution in [0.4, 0.5) is 0 Å². The van der Waals surface area contributed by atoms with Gasteiger partial charge < -0.3 is 9.32 Å². The van der Waals surface area contributed by atoms with E-state index >= 15 is 0 Å². The maximum absolute atomic E-state index is 12.7. The number of halogens is 2. The highest BCUT2D eigenvalue weighted by Gasteiger charge is 2.34. The van der Waals surface area contributed by atoms with Crippen LogP contribution in [0.25, 0.3) is 0 Å². The lowest BCUT2D eigenvalue weighted by Crippen LogP contribution is -2.31. The Morgan fingerprint density at radius 3 is 2.70 bits per heavy atom. The summed E-state index contributed by atoms with van der Waals surface area (Å²) in [6, 6.07) is 6.11. The largest absolute Gasteiger partial charge is 0.464 e. The number of nitrogens with zero attached hydrogens (tertiary/aromatic N) is 1. The van der Waals surface area contributed by atoms with Crippen molar-refractivity contribution in [2.45, 2.75) is 32.4 Å². The SMILES string of the molecule is Cc1ccc(CN(C(=O)c2cc(Br)c(Br)s2)C2CC2)o1. The van der Waals surface area contributed by atoms with Crippen molar-refractivity contribution < 1.29 is 9.21 Å². The summed E-state index contributed by atoms with van der Waals surface area (Å²) in [4.78, 5) is 15.3. The highest BCUT2D eigenvalue weighted by atomic mass is 79.9. The van der Waals surface area contributed by atoms with Crippen molar-refractivity contribution in [1.29, 1.82) is 0 Å². The number of carbonyl (C=O) groups is 1. The number of amides is 1. The Labute approximate surface area is 138 Å². The predicted molar refractivity (Wildman–Crippen MR) is 86.1 cm³/mol. The molecule has 2 heterocycles. The van der Waals surface area contributed by atoms with E-state index < -0.39 is 0 Å². The molecule has 0 aliphatic heterocycles. The number of carbonyl (C=O) groups excluding carboxylic acids is 1. The molecule has 1 saturated carbocycles. The van der Waals surface area contributed by atoms with Crippen LogP contribution in [-0.4, -0.2) is 16.8 Å². The number of rotatable bonds is 4. The number of hydrogen-bond donors (Lipinski definition) is 0. The Morgan fingerprint density at radius 2 is 2.20 bits per heavy atom. The average molecular weight is 419 g/mol. The fourth-order valence-corrected chi connectivity index (χ4v) is 4.08. The Balaban J connectivity index is 1.81. The summed E-state index contributed by atoms with van der Waals surface area (Å²) < 4.78 is 7.47. The predicted octanol–water partition coefficient (Wildman–Crippen LogP) is 4.98. The molecule has 0 unspecified atom stereocenters. The third-order valence-corrected chi connectivity index (χ3v) is 6.47. The minimum absolute atomic E-state index is 0.0814. The first-order valence-corrected chi connectivity index (χ1v) is 8.76. The molecule has 6 heteroatoms. The van der Waals surface area contributed by atoms with Crippen molar-refractivity contribution in [2.75, 3.05) is 0 Å². The van der Waals surface area contributed by atoms with Crippen LogP contribution in [0.2, 0.25) is 0 Å². The second-order valence-electron chi connectivity index (χ2n) is 4.91. The van der Waals surface area contributed by atoms with Gasteiger partial charge in [0, 0.05) is 10.5 Å². The summed E-state index contributed by atoms with van der Waals surface area (Å²) in [5, 5.41) is 0. The number of hydrogen-bond acceptors (Lipinski definition) is 3. The lowest BCUT2D eigenvalue weighted by atomic mass is 10.3. The molecule has 3 nitrogen and oxygen atoms in total. The lowest BCUT2D eigenvalue weighted by molar-refractivity contribution is 0.0722. The van der Waals surface area contributed by atoms with Crippen molar-refractivity contribution in [2.24, 2.45) is 0 Å². The molecule has 20 heavy (non-hydrogen) atoms. The van der Waals surface area contributed by atoms with Crippen LogP contribution in [0, 0.1) is 6.92 Å². The van der Waals surface area contributed by atoms with E-state index in [0.717, 1.165) is 37.5 Å². The van der Waals surface area contributed by atoms with Gasteiger partial charge in [-0.05, 0) is 69.8 Å². The van der Waals surface area contributed by atoms with E-state index in [0.29, 0.717) is 12.6 Å². The van der Waals surface area contributed by atoms with Gasteiger partial charge in [0.25, 0.3) is 5.91 Å². The van der Waals surface area contributed by atoms with Gasteiger partial charge in [0.2, 0.25) is 0 Å². The van der Waals surface area contributed by atoms with E-state index in [2.05, 4.69) is 31.9 Å². The zero-order valence-corrected chi connectivity index (χ0v) is 14.8. The molecule has 0 spiro atoms. The van der Waals surface area contributed by atoms with Crippen LogP contribution in [0.3, 0.4) is 0 Å². The van der Waals surface area contributed by atoms with E-state index in [9.17, 15) is 4.79 Å². The molecule has 0 saturated heterocycles. The molecule has 2 aromatic rings. The summed E-state index contributed by atoms with van der Waals surface area (Å²) in [6.07, 6.45) is 2.16. The molecule has 1 amide bonds. The molecule has 1 aliphatic rings. The second kappa shape index (κ2) is 5.66. The number of thiophene rings is 1. The summed E-state index contributed by atoms with van der Waals surface area (Å²) >= 11 is 8.33. The van der Waals surface area contributed by atoms with Gasteiger partial charge in [0.1, 0.15) is 11.5 Å². The van der Waals surface area contributed by atoms with Crippen molar-refractivity contribution in [3.63, 3.8) is 0 Å². The molecule has 2 aromatic heterocycles. The van der Waals surface area contributed by atoms with Gasteiger partial charge in [-0.15, -0.1) is 11.3 Å². The van der Waals surface area contributed by atoms with E-state index in [1.165, 1.54) is 11.3 Å². The summed E-state index contributed by atoms with van der Waals surface area (Å²) in [5.74, 6) is 1.81. The molecule has 106 valence electrons. The Bertz CT molecular complexity index is 626. The zero-order valence-electron chi connectivity index (χ0n) is 10.9. The van der Waals surface area contributed by atoms with Crippen molar-refractivity contribution in [3.05, 3.63) is 42.9 Å². The normalized spacial score (nSPS) is 14.6. The van der Waals surface area contributed by atoms with Gasteiger partial charge in [-0.1, -0.05) is 0 Å². The van der Waals surface area contributed by atoms with Gasteiger partial charge in [-0.25, -0.2) is 0 Å². The van der Waals surface area contributed by atoms with E-state index in [1.807, 2.05) is 30.0 Å². The molecule has 1 aliphatic carbocycles. The van der Waals surface area contributed by atoms with Crippen molar-refractivity contribution in [1.82, 2.24) is 4.90 Å². The minimum Gasteiger partial charge on any atom is -0.464 e. The lowest BCUT2D eigenvalue weighted by Gasteiger charge is -2.20. The van der Waals surface area contributed by atoms with Gasteiger partial charge in [0.15, 0.2) is 0 Å². The monoisotopic (exact) mass is 417 g/mol. The minimum atomic E-state index is 0.0814. The third kappa shape index (κ3) is 3.02. The third-order valence-electron chi connectivity index (χ3n) is 3.23. The fourth-order valence-electron chi connectivity index (χ4n) is 2.08. The van der Waals surface area contributed by atoms with Crippen LogP contribution in [-0.2, 0) is 6.54 Å². The average Bonchev–Trinajstić information content (AvgIpc) is 3.09. The molecule has 3 rings (SSSR count). The highest BCUT2D eigenvalue weighted by Crippen LogP contribution is 2.36. The first kappa shape index (κ1) is 14.4. The zero-order chi connectivity index (χ0) is 14.3. The topological polar surface area (TPSA) is 33.5 Å². The Morgan fingerprint density at radius 1 is 1.45 bits per heavy atom.